The van der Waals surface area contributed by atoms with Gasteiger partial charge in [-0.15, -0.1) is 0 Å². The molecule has 2 saturated carbocycles. The SMILES string of the molecule is CNC(=O)CCCN1CC2CC3CC2C1C3O. The Hall–Kier alpha value is -0.610. The van der Waals surface area contributed by atoms with Crippen LogP contribution in [0.5, 0.6) is 0 Å². The van der Waals surface area contributed by atoms with Crippen LogP contribution in [-0.4, -0.2) is 48.2 Å². The number of aliphatic hydroxyl groups is 1. The zero-order valence-electron chi connectivity index (χ0n) is 10.4. The van der Waals surface area contributed by atoms with E-state index in [1.54, 1.807) is 7.05 Å². The number of nitrogens with zero attached hydrogens (tertiary/aromatic N) is 1. The number of carbonyl (C=O) groups is 1. The van der Waals surface area contributed by atoms with Crippen molar-refractivity contribution in [1.82, 2.24) is 10.2 Å². The maximum Gasteiger partial charge on any atom is 0.219 e. The Morgan fingerprint density at radius 1 is 1.41 bits per heavy atom. The third kappa shape index (κ3) is 1.78. The van der Waals surface area contributed by atoms with Crippen LogP contribution >= 0.6 is 0 Å². The number of amides is 1. The summed E-state index contributed by atoms with van der Waals surface area (Å²) in [6, 6.07) is 0.406. The summed E-state index contributed by atoms with van der Waals surface area (Å²) in [5.74, 6) is 2.26. The van der Waals surface area contributed by atoms with Gasteiger partial charge < -0.3 is 10.4 Å². The smallest absolute Gasteiger partial charge is 0.219 e. The van der Waals surface area contributed by atoms with E-state index in [1.807, 2.05) is 0 Å². The molecule has 1 amide bonds. The lowest BCUT2D eigenvalue weighted by molar-refractivity contribution is -0.120. The summed E-state index contributed by atoms with van der Waals surface area (Å²) >= 11 is 0. The molecule has 2 aliphatic carbocycles. The summed E-state index contributed by atoms with van der Waals surface area (Å²) in [5.41, 5.74) is 0. The highest BCUT2D eigenvalue weighted by atomic mass is 16.3. The first-order valence-corrected chi connectivity index (χ1v) is 6.83. The third-order valence-corrected chi connectivity index (χ3v) is 5.08. The van der Waals surface area contributed by atoms with Gasteiger partial charge in [-0.1, -0.05) is 0 Å². The molecule has 1 heterocycles. The number of nitrogens with one attached hydrogen (secondary N) is 1. The van der Waals surface area contributed by atoms with Crippen LogP contribution in [0.4, 0.5) is 0 Å². The standard InChI is InChI=1S/C13H22N2O2/c1-14-11(16)3-2-4-15-7-9-5-8-6-10(9)12(15)13(8)17/h8-10,12-13,17H,2-7H2,1H3,(H,14,16). The number of rotatable bonds is 4. The zero-order valence-corrected chi connectivity index (χ0v) is 10.4. The minimum atomic E-state index is -0.0984. The molecule has 2 N–H and O–H groups in total. The van der Waals surface area contributed by atoms with Gasteiger partial charge in [-0.2, -0.15) is 0 Å². The van der Waals surface area contributed by atoms with E-state index in [0.717, 1.165) is 31.3 Å². The van der Waals surface area contributed by atoms with Gasteiger partial charge in [0.05, 0.1) is 6.10 Å². The molecule has 0 aromatic heterocycles. The van der Waals surface area contributed by atoms with Gasteiger partial charge in [-0.05, 0) is 43.6 Å². The van der Waals surface area contributed by atoms with Gasteiger partial charge in [0.2, 0.25) is 5.91 Å². The number of hydrogen-bond acceptors (Lipinski definition) is 3. The first kappa shape index (κ1) is 11.5. The molecule has 1 aliphatic heterocycles. The van der Waals surface area contributed by atoms with Crippen molar-refractivity contribution in [2.45, 2.75) is 37.8 Å². The Bertz CT molecular complexity index is 319. The second kappa shape index (κ2) is 4.25. The lowest BCUT2D eigenvalue weighted by Gasteiger charge is -2.28. The molecular formula is C13H22N2O2. The van der Waals surface area contributed by atoms with E-state index in [4.69, 9.17) is 0 Å². The van der Waals surface area contributed by atoms with E-state index in [2.05, 4.69) is 10.2 Å². The average Bonchev–Trinajstić information content (AvgIpc) is 2.90. The average molecular weight is 238 g/mol. The van der Waals surface area contributed by atoms with E-state index >= 15 is 0 Å². The van der Waals surface area contributed by atoms with E-state index < -0.39 is 0 Å². The van der Waals surface area contributed by atoms with Crippen molar-refractivity contribution in [2.75, 3.05) is 20.1 Å². The third-order valence-electron chi connectivity index (χ3n) is 5.08. The fourth-order valence-electron chi connectivity index (χ4n) is 4.36. The van der Waals surface area contributed by atoms with Crippen LogP contribution in [0.3, 0.4) is 0 Å². The van der Waals surface area contributed by atoms with Gasteiger partial charge >= 0.3 is 0 Å². The molecule has 0 radical (unpaired) electrons. The highest BCUT2D eigenvalue weighted by Gasteiger charge is 2.58. The molecule has 0 spiro atoms. The Labute approximate surface area is 102 Å². The van der Waals surface area contributed by atoms with E-state index in [-0.39, 0.29) is 12.0 Å². The van der Waals surface area contributed by atoms with Crippen LogP contribution in [-0.2, 0) is 4.79 Å². The van der Waals surface area contributed by atoms with Gasteiger partial charge in [-0.3, -0.25) is 9.69 Å². The Kier molecular flexibility index (Phi) is 2.87. The molecule has 3 rings (SSSR count). The summed E-state index contributed by atoms with van der Waals surface area (Å²) in [6.45, 7) is 2.12. The molecule has 2 bridgehead atoms. The molecule has 5 unspecified atom stereocenters. The first-order valence-electron chi connectivity index (χ1n) is 6.83. The Morgan fingerprint density at radius 2 is 2.24 bits per heavy atom. The number of aliphatic hydroxyl groups excluding tert-OH is 1. The molecule has 96 valence electrons. The molecule has 5 atom stereocenters. The van der Waals surface area contributed by atoms with Crippen LogP contribution < -0.4 is 5.32 Å². The fraction of sp³-hybridized carbons (Fsp3) is 0.923. The van der Waals surface area contributed by atoms with E-state index in [1.165, 1.54) is 12.8 Å². The monoisotopic (exact) mass is 238 g/mol. The second-order valence-electron chi connectivity index (χ2n) is 5.91. The predicted molar refractivity (Wildman–Crippen MR) is 64.4 cm³/mol. The molecule has 3 aliphatic rings. The highest BCUT2D eigenvalue weighted by Crippen LogP contribution is 2.54. The number of likely N-dealkylation sites (tertiary alicyclic amines) is 1. The van der Waals surface area contributed by atoms with Gasteiger partial charge in [-0.25, -0.2) is 0 Å². The van der Waals surface area contributed by atoms with Crippen molar-refractivity contribution >= 4 is 5.91 Å². The first-order chi connectivity index (χ1) is 8.20. The van der Waals surface area contributed by atoms with Crippen LogP contribution in [0.2, 0.25) is 0 Å². The topological polar surface area (TPSA) is 52.6 Å². The Morgan fingerprint density at radius 3 is 2.94 bits per heavy atom. The molecular weight excluding hydrogens is 216 g/mol. The number of carbonyl (C=O) groups excluding carboxylic acids is 1. The lowest BCUT2D eigenvalue weighted by atomic mass is 9.88. The normalized spacial score (nSPS) is 43.3. The molecule has 3 fully saturated rings. The van der Waals surface area contributed by atoms with Crippen molar-refractivity contribution in [1.29, 1.82) is 0 Å². The van der Waals surface area contributed by atoms with Gasteiger partial charge in [0, 0.05) is 26.1 Å². The maximum absolute atomic E-state index is 11.2. The Balaban J connectivity index is 1.54. The summed E-state index contributed by atoms with van der Waals surface area (Å²) in [5, 5.41) is 12.9. The van der Waals surface area contributed by atoms with Crippen LogP contribution in [0.15, 0.2) is 0 Å². The lowest BCUT2D eigenvalue weighted by Crippen LogP contribution is -2.41. The summed E-state index contributed by atoms with van der Waals surface area (Å²) < 4.78 is 0. The van der Waals surface area contributed by atoms with Gasteiger partial charge in [0.25, 0.3) is 0 Å². The summed E-state index contributed by atoms with van der Waals surface area (Å²) in [4.78, 5) is 13.6. The van der Waals surface area contributed by atoms with Crippen molar-refractivity contribution in [3.8, 4) is 0 Å². The molecule has 1 saturated heterocycles. The van der Waals surface area contributed by atoms with Crippen LogP contribution in [0.1, 0.15) is 25.7 Å². The van der Waals surface area contributed by atoms with E-state index in [0.29, 0.717) is 18.4 Å². The number of hydrogen-bond donors (Lipinski definition) is 2. The number of fused-ring (bicyclic) bond motifs is 1. The van der Waals surface area contributed by atoms with Crippen molar-refractivity contribution < 1.29 is 9.90 Å². The van der Waals surface area contributed by atoms with Gasteiger partial charge in [0.15, 0.2) is 0 Å². The molecule has 0 aromatic rings. The molecule has 4 nitrogen and oxygen atoms in total. The fourth-order valence-corrected chi connectivity index (χ4v) is 4.36. The van der Waals surface area contributed by atoms with Crippen LogP contribution in [0.25, 0.3) is 0 Å². The van der Waals surface area contributed by atoms with Crippen molar-refractivity contribution in [2.24, 2.45) is 17.8 Å². The van der Waals surface area contributed by atoms with Crippen molar-refractivity contribution in [3.63, 3.8) is 0 Å². The zero-order chi connectivity index (χ0) is 12.0. The molecule has 0 aromatic carbocycles. The van der Waals surface area contributed by atoms with Gasteiger partial charge in [0.1, 0.15) is 0 Å². The molecule has 4 heteroatoms. The van der Waals surface area contributed by atoms with E-state index in [9.17, 15) is 9.90 Å². The maximum atomic E-state index is 11.2. The largest absolute Gasteiger partial charge is 0.391 e. The molecule has 17 heavy (non-hydrogen) atoms. The predicted octanol–water partition coefficient (Wildman–Crippen LogP) is 0.214. The quantitative estimate of drug-likeness (QED) is 0.736. The van der Waals surface area contributed by atoms with Crippen LogP contribution in [0, 0.1) is 17.8 Å². The summed E-state index contributed by atoms with van der Waals surface area (Å²) in [6.07, 6.45) is 3.89. The summed E-state index contributed by atoms with van der Waals surface area (Å²) in [7, 11) is 1.68. The minimum absolute atomic E-state index is 0.0984. The minimum Gasteiger partial charge on any atom is -0.391 e. The highest BCUT2D eigenvalue weighted by molar-refractivity contribution is 5.75. The second-order valence-corrected chi connectivity index (χ2v) is 5.91. The van der Waals surface area contributed by atoms with Crippen molar-refractivity contribution in [3.05, 3.63) is 0 Å².